The highest BCUT2D eigenvalue weighted by Crippen LogP contribution is 2.70. The van der Waals surface area contributed by atoms with E-state index in [4.69, 9.17) is 0 Å². The molecule has 0 spiro atoms. The van der Waals surface area contributed by atoms with E-state index in [1.807, 2.05) is 0 Å². The molecule has 0 N–H and O–H groups in total. The minimum atomic E-state index is 0.653. The van der Waals surface area contributed by atoms with Gasteiger partial charge in [-0.25, -0.2) is 0 Å². The fourth-order valence-corrected chi connectivity index (χ4v) is 10.1. The standard InChI is InChI=1S/C23H36/c1-23(2,21-11-13-9-19(21)17-7-3-5-15(13)17)22-12-14-10-20(22)18-8-4-6-16(14)18/h13-22H,3-12H2,1-2H3. The van der Waals surface area contributed by atoms with Crippen LogP contribution < -0.4 is 0 Å². The van der Waals surface area contributed by atoms with Crippen molar-refractivity contribution in [2.45, 2.75) is 78.1 Å². The van der Waals surface area contributed by atoms with E-state index in [2.05, 4.69) is 13.8 Å². The van der Waals surface area contributed by atoms with Gasteiger partial charge in [0.05, 0.1) is 0 Å². The molecule has 128 valence electrons. The van der Waals surface area contributed by atoms with Gasteiger partial charge < -0.3 is 0 Å². The molecule has 0 nitrogen and oxygen atoms in total. The van der Waals surface area contributed by atoms with E-state index in [0.29, 0.717) is 5.41 Å². The Morgan fingerprint density at radius 2 is 0.957 bits per heavy atom. The molecule has 6 aliphatic carbocycles. The lowest BCUT2D eigenvalue weighted by Gasteiger charge is -2.49. The van der Waals surface area contributed by atoms with E-state index in [-0.39, 0.29) is 0 Å². The lowest BCUT2D eigenvalue weighted by Crippen LogP contribution is -2.43. The van der Waals surface area contributed by atoms with Crippen LogP contribution in [0.2, 0.25) is 0 Å². The first-order valence-electron chi connectivity index (χ1n) is 11.1. The fourth-order valence-electron chi connectivity index (χ4n) is 10.1. The largest absolute Gasteiger partial charge is 0.0594 e. The Kier molecular flexibility index (Phi) is 2.83. The van der Waals surface area contributed by atoms with Crippen molar-refractivity contribution in [3.63, 3.8) is 0 Å². The minimum absolute atomic E-state index is 0.653. The van der Waals surface area contributed by atoms with Crippen LogP contribution in [-0.4, -0.2) is 0 Å². The highest BCUT2D eigenvalue weighted by molar-refractivity contribution is 5.11. The molecule has 0 radical (unpaired) electrons. The summed E-state index contributed by atoms with van der Waals surface area (Å²) in [6.07, 6.45) is 16.0. The van der Waals surface area contributed by atoms with Crippen molar-refractivity contribution in [1.29, 1.82) is 0 Å². The van der Waals surface area contributed by atoms with Crippen LogP contribution in [-0.2, 0) is 0 Å². The monoisotopic (exact) mass is 312 g/mol. The molecule has 10 atom stereocenters. The second-order valence-corrected chi connectivity index (χ2v) is 11.3. The maximum absolute atomic E-state index is 2.73. The Morgan fingerprint density at radius 1 is 0.522 bits per heavy atom. The Labute approximate surface area is 143 Å². The van der Waals surface area contributed by atoms with Crippen LogP contribution >= 0.6 is 0 Å². The smallest absolute Gasteiger partial charge is 0.0292 e. The van der Waals surface area contributed by atoms with Gasteiger partial charge in [-0.05, 0) is 116 Å². The number of fused-ring (bicyclic) bond motifs is 10. The van der Waals surface area contributed by atoms with Crippen LogP contribution in [0.15, 0.2) is 0 Å². The minimum Gasteiger partial charge on any atom is -0.0594 e. The Bertz CT molecular complexity index is 460. The molecule has 0 aromatic carbocycles. The van der Waals surface area contributed by atoms with Gasteiger partial charge in [-0.15, -0.1) is 0 Å². The van der Waals surface area contributed by atoms with Crippen molar-refractivity contribution in [2.75, 3.05) is 0 Å². The maximum atomic E-state index is 2.73. The highest BCUT2D eigenvalue weighted by atomic mass is 14.7. The molecular weight excluding hydrogens is 276 g/mol. The summed E-state index contributed by atoms with van der Waals surface area (Å²) in [7, 11) is 0. The number of hydrogen-bond acceptors (Lipinski definition) is 0. The molecule has 0 amide bonds. The Morgan fingerprint density at radius 3 is 1.43 bits per heavy atom. The summed E-state index contributed by atoms with van der Waals surface area (Å²) in [6, 6.07) is 0. The lowest BCUT2D eigenvalue weighted by atomic mass is 9.56. The van der Waals surface area contributed by atoms with Crippen LogP contribution in [0.1, 0.15) is 78.1 Å². The normalized spacial score (nSPS) is 59.7. The summed E-state index contributed by atoms with van der Waals surface area (Å²) in [4.78, 5) is 0. The summed E-state index contributed by atoms with van der Waals surface area (Å²) < 4.78 is 0. The topological polar surface area (TPSA) is 0 Å². The van der Waals surface area contributed by atoms with Gasteiger partial charge in [0.1, 0.15) is 0 Å². The molecule has 23 heavy (non-hydrogen) atoms. The van der Waals surface area contributed by atoms with Crippen molar-refractivity contribution in [3.05, 3.63) is 0 Å². The van der Waals surface area contributed by atoms with Crippen LogP contribution in [0.4, 0.5) is 0 Å². The van der Waals surface area contributed by atoms with E-state index in [0.717, 1.165) is 47.3 Å². The predicted molar refractivity (Wildman–Crippen MR) is 94.9 cm³/mol. The predicted octanol–water partition coefficient (Wildman–Crippen LogP) is 6.16. The zero-order valence-corrected chi connectivity index (χ0v) is 15.3. The molecule has 6 aliphatic rings. The molecule has 10 unspecified atom stereocenters. The summed E-state index contributed by atoms with van der Waals surface area (Å²) in [5.74, 6) is 11.4. The summed E-state index contributed by atoms with van der Waals surface area (Å²) >= 11 is 0. The van der Waals surface area contributed by atoms with Gasteiger partial charge in [0.15, 0.2) is 0 Å². The molecule has 0 aromatic rings. The molecule has 6 fully saturated rings. The average Bonchev–Trinajstić information content (AvgIpc) is 3.35. The SMILES string of the molecule is CC(C)(C1CC2CC1C1CCCC21)C1CC2CC1C1CCCC21. The maximum Gasteiger partial charge on any atom is -0.0292 e. The quantitative estimate of drug-likeness (QED) is 0.573. The molecule has 0 heteroatoms. The van der Waals surface area contributed by atoms with E-state index in [9.17, 15) is 0 Å². The van der Waals surface area contributed by atoms with Gasteiger partial charge in [0, 0.05) is 0 Å². The highest BCUT2D eigenvalue weighted by Gasteiger charge is 2.62. The van der Waals surface area contributed by atoms with Crippen molar-refractivity contribution in [2.24, 2.45) is 64.6 Å². The van der Waals surface area contributed by atoms with Crippen LogP contribution in [0.3, 0.4) is 0 Å². The van der Waals surface area contributed by atoms with Crippen molar-refractivity contribution >= 4 is 0 Å². The van der Waals surface area contributed by atoms with E-state index < -0.39 is 0 Å². The van der Waals surface area contributed by atoms with Gasteiger partial charge in [0.2, 0.25) is 0 Å². The molecule has 0 heterocycles. The third-order valence-corrected chi connectivity index (χ3v) is 10.8. The zero-order chi connectivity index (χ0) is 15.3. The first kappa shape index (κ1) is 14.2. The second-order valence-electron chi connectivity index (χ2n) is 11.3. The average molecular weight is 313 g/mol. The van der Waals surface area contributed by atoms with E-state index >= 15 is 0 Å². The molecule has 6 saturated carbocycles. The number of hydrogen-bond donors (Lipinski definition) is 0. The van der Waals surface area contributed by atoms with Crippen molar-refractivity contribution < 1.29 is 0 Å². The summed E-state index contributed by atoms with van der Waals surface area (Å²) in [6.45, 7) is 5.47. The van der Waals surface area contributed by atoms with Crippen LogP contribution in [0.5, 0.6) is 0 Å². The van der Waals surface area contributed by atoms with Crippen molar-refractivity contribution in [3.8, 4) is 0 Å². The van der Waals surface area contributed by atoms with Crippen molar-refractivity contribution in [1.82, 2.24) is 0 Å². The van der Waals surface area contributed by atoms with Crippen LogP contribution in [0.25, 0.3) is 0 Å². The van der Waals surface area contributed by atoms with Gasteiger partial charge in [-0.1, -0.05) is 26.7 Å². The number of rotatable bonds is 2. The van der Waals surface area contributed by atoms with E-state index in [1.54, 1.807) is 64.2 Å². The lowest BCUT2D eigenvalue weighted by molar-refractivity contribution is -0.00795. The van der Waals surface area contributed by atoms with Crippen LogP contribution in [0, 0.1) is 64.6 Å². The van der Waals surface area contributed by atoms with E-state index in [1.165, 1.54) is 11.8 Å². The zero-order valence-electron chi connectivity index (χ0n) is 15.3. The molecule has 0 aliphatic heterocycles. The summed E-state index contributed by atoms with van der Waals surface area (Å²) in [5.41, 5.74) is 0.653. The Hall–Kier alpha value is 0. The summed E-state index contributed by atoms with van der Waals surface area (Å²) in [5, 5.41) is 0. The van der Waals surface area contributed by atoms with Gasteiger partial charge in [0.25, 0.3) is 0 Å². The third kappa shape index (κ3) is 1.70. The second kappa shape index (κ2) is 4.59. The molecule has 0 aromatic heterocycles. The Balaban J connectivity index is 1.27. The molecule has 6 rings (SSSR count). The van der Waals surface area contributed by atoms with Gasteiger partial charge in [-0.2, -0.15) is 0 Å². The first-order valence-corrected chi connectivity index (χ1v) is 11.1. The third-order valence-electron chi connectivity index (χ3n) is 10.8. The molecular formula is C23H36. The van der Waals surface area contributed by atoms with Gasteiger partial charge >= 0.3 is 0 Å². The molecule has 4 bridgehead atoms. The fraction of sp³-hybridized carbons (Fsp3) is 1.00. The van der Waals surface area contributed by atoms with Gasteiger partial charge in [-0.3, -0.25) is 0 Å². The first-order chi connectivity index (χ1) is 11.1. The molecule has 0 saturated heterocycles.